The molecule has 2 aromatic carbocycles. The lowest BCUT2D eigenvalue weighted by atomic mass is 10.00. The van der Waals surface area contributed by atoms with Gasteiger partial charge in [0, 0.05) is 31.9 Å². The second-order valence-electron chi connectivity index (χ2n) is 6.98. The van der Waals surface area contributed by atoms with E-state index in [0.29, 0.717) is 5.56 Å². The molecule has 0 aliphatic heterocycles. The fraction of sp³-hybridized carbons (Fsp3) is 0.364. The van der Waals surface area contributed by atoms with Gasteiger partial charge in [-0.25, -0.2) is 9.38 Å². The van der Waals surface area contributed by atoms with Crippen LogP contribution in [-0.4, -0.2) is 44.2 Å². The summed E-state index contributed by atoms with van der Waals surface area (Å²) in [6.07, 6.45) is 1.80. The number of ketones is 1. The fourth-order valence-electron chi connectivity index (χ4n) is 2.86. The summed E-state index contributed by atoms with van der Waals surface area (Å²) < 4.78 is 13.6. The zero-order chi connectivity index (χ0) is 20.1. The smallest absolute Gasteiger partial charge is 0.182 e. The van der Waals surface area contributed by atoms with Gasteiger partial charge in [-0.05, 0) is 68.7 Å². The van der Waals surface area contributed by atoms with Crippen LogP contribution in [0.4, 0.5) is 15.8 Å². The van der Waals surface area contributed by atoms with Crippen molar-refractivity contribution in [1.82, 2.24) is 4.90 Å². The van der Waals surface area contributed by atoms with Gasteiger partial charge in [0.2, 0.25) is 0 Å². The van der Waals surface area contributed by atoms with Crippen molar-refractivity contribution in [1.29, 1.82) is 0 Å². The van der Waals surface area contributed by atoms with Crippen molar-refractivity contribution in [3.63, 3.8) is 0 Å². The monoisotopic (exact) mass is 369 g/mol. The van der Waals surface area contributed by atoms with E-state index in [1.165, 1.54) is 12.1 Å². The van der Waals surface area contributed by atoms with E-state index in [1.807, 2.05) is 44.9 Å². The minimum absolute atomic E-state index is 0.00275. The number of rotatable bonds is 7. The van der Waals surface area contributed by atoms with Crippen LogP contribution in [0.25, 0.3) is 0 Å². The third-order valence-corrected chi connectivity index (χ3v) is 4.70. The molecule has 0 heterocycles. The van der Waals surface area contributed by atoms with E-state index in [-0.39, 0.29) is 18.1 Å². The molecule has 0 N–H and O–H groups in total. The Morgan fingerprint density at radius 2 is 1.78 bits per heavy atom. The highest BCUT2D eigenvalue weighted by Crippen LogP contribution is 2.25. The van der Waals surface area contributed by atoms with E-state index in [1.54, 1.807) is 24.4 Å². The molecule has 0 bridgehead atoms. The highest BCUT2D eigenvalue weighted by Gasteiger charge is 2.15. The third-order valence-electron chi connectivity index (χ3n) is 4.70. The number of anilines is 1. The van der Waals surface area contributed by atoms with Gasteiger partial charge in [-0.1, -0.05) is 6.07 Å². The normalized spacial score (nSPS) is 11.1. The van der Waals surface area contributed by atoms with Crippen LogP contribution in [0.3, 0.4) is 0 Å². The zero-order valence-corrected chi connectivity index (χ0v) is 17.0. The Morgan fingerprint density at radius 1 is 1.07 bits per heavy atom. The van der Waals surface area contributed by atoms with Crippen LogP contribution in [0.15, 0.2) is 35.3 Å². The molecule has 0 saturated carbocycles. The first kappa shape index (κ1) is 20.6. The Bertz CT molecular complexity index is 861. The molecule has 0 aliphatic rings. The Morgan fingerprint density at radius 3 is 2.44 bits per heavy atom. The Kier molecular flexibility index (Phi) is 6.72. The van der Waals surface area contributed by atoms with E-state index in [4.69, 9.17) is 0 Å². The number of nitrogens with zero attached hydrogens (tertiary/aromatic N) is 3. The van der Waals surface area contributed by atoms with Crippen molar-refractivity contribution in [2.45, 2.75) is 27.7 Å². The molecular formula is C22H28FN3O. The third kappa shape index (κ3) is 5.16. The van der Waals surface area contributed by atoms with Gasteiger partial charge in [-0.3, -0.25) is 4.79 Å². The summed E-state index contributed by atoms with van der Waals surface area (Å²) in [6, 6.07) is 8.44. The van der Waals surface area contributed by atoms with E-state index in [2.05, 4.69) is 11.9 Å². The number of carbonyl (C=O) groups excluding carboxylic acids is 1. The van der Waals surface area contributed by atoms with Crippen molar-refractivity contribution < 1.29 is 9.18 Å². The van der Waals surface area contributed by atoms with Crippen LogP contribution in [0.5, 0.6) is 0 Å². The topological polar surface area (TPSA) is 35.9 Å². The van der Waals surface area contributed by atoms with Gasteiger partial charge in [-0.15, -0.1) is 0 Å². The van der Waals surface area contributed by atoms with Crippen molar-refractivity contribution >= 4 is 23.5 Å². The maximum Gasteiger partial charge on any atom is 0.182 e. The molecule has 0 fully saturated rings. The summed E-state index contributed by atoms with van der Waals surface area (Å²) >= 11 is 0. The summed E-state index contributed by atoms with van der Waals surface area (Å²) in [6.45, 7) is 8.90. The van der Waals surface area contributed by atoms with Crippen molar-refractivity contribution in [2.24, 2.45) is 4.99 Å². The van der Waals surface area contributed by atoms with Gasteiger partial charge in [0.25, 0.3) is 0 Å². The second kappa shape index (κ2) is 8.80. The molecule has 0 aromatic heterocycles. The molecule has 0 amide bonds. The molecule has 4 nitrogen and oxygen atoms in total. The largest absolute Gasteiger partial charge is 0.367 e. The predicted octanol–water partition coefficient (Wildman–Crippen LogP) is 4.68. The maximum absolute atomic E-state index is 13.6. The van der Waals surface area contributed by atoms with Crippen LogP contribution >= 0.6 is 0 Å². The first-order chi connectivity index (χ1) is 12.7. The van der Waals surface area contributed by atoms with E-state index in [0.717, 1.165) is 34.6 Å². The quantitative estimate of drug-likeness (QED) is 0.404. The highest BCUT2D eigenvalue weighted by atomic mass is 19.1. The molecule has 0 atom stereocenters. The lowest BCUT2D eigenvalue weighted by Crippen LogP contribution is -2.26. The van der Waals surface area contributed by atoms with Gasteiger partial charge in [0.1, 0.15) is 5.82 Å². The number of aryl methyl sites for hydroxylation is 3. The molecular weight excluding hydrogens is 341 g/mol. The molecule has 0 saturated heterocycles. The number of Topliss-reactive ketones (excluding diaryl/α,β-unsaturated/α-hetero) is 1. The summed E-state index contributed by atoms with van der Waals surface area (Å²) in [5.41, 5.74) is 5.04. The lowest BCUT2D eigenvalue weighted by molar-refractivity contribution is 0.0999. The number of hydrogen-bond donors (Lipinski definition) is 0. The number of likely N-dealkylation sites (N-methyl/N-ethyl adjacent to an activating group) is 1. The van der Waals surface area contributed by atoms with Crippen LogP contribution in [-0.2, 0) is 0 Å². The first-order valence-electron chi connectivity index (χ1n) is 9.09. The molecule has 0 spiro atoms. The number of hydrogen-bond acceptors (Lipinski definition) is 3. The molecule has 5 heteroatoms. The summed E-state index contributed by atoms with van der Waals surface area (Å²) in [4.78, 5) is 21.1. The van der Waals surface area contributed by atoms with Crippen LogP contribution in [0, 0.1) is 26.6 Å². The number of benzene rings is 2. The standard InChI is InChI=1S/C22H28FN3O/c1-7-25(5)14-24-20-11-16(3)19(10-17(20)4)22(27)13-26(6)21-12-18(23)9-8-15(21)2/h8-12,14H,7,13H2,1-6H3/b24-14+. The first-order valence-corrected chi connectivity index (χ1v) is 9.09. The summed E-state index contributed by atoms with van der Waals surface area (Å²) in [7, 11) is 3.77. The van der Waals surface area contributed by atoms with Gasteiger partial charge < -0.3 is 9.80 Å². The van der Waals surface area contributed by atoms with Crippen LogP contribution in [0.2, 0.25) is 0 Å². The molecule has 144 valence electrons. The fourth-order valence-corrected chi connectivity index (χ4v) is 2.86. The molecule has 0 unspecified atom stereocenters. The average Bonchev–Trinajstić information content (AvgIpc) is 2.63. The Labute approximate surface area is 161 Å². The van der Waals surface area contributed by atoms with Gasteiger partial charge in [-0.2, -0.15) is 0 Å². The number of carbonyl (C=O) groups is 1. The predicted molar refractivity (Wildman–Crippen MR) is 111 cm³/mol. The molecule has 2 aromatic rings. The van der Waals surface area contributed by atoms with E-state index < -0.39 is 0 Å². The van der Waals surface area contributed by atoms with E-state index in [9.17, 15) is 9.18 Å². The van der Waals surface area contributed by atoms with Crippen molar-refractivity contribution in [2.75, 3.05) is 32.1 Å². The molecule has 0 radical (unpaired) electrons. The average molecular weight is 369 g/mol. The number of aliphatic imine (C=N–C) groups is 1. The summed E-state index contributed by atoms with van der Waals surface area (Å²) in [5.74, 6) is -0.302. The van der Waals surface area contributed by atoms with Gasteiger partial charge in [0.05, 0.1) is 18.6 Å². The van der Waals surface area contributed by atoms with Gasteiger partial charge in [0.15, 0.2) is 5.78 Å². The lowest BCUT2D eigenvalue weighted by Gasteiger charge is -2.21. The molecule has 0 aliphatic carbocycles. The highest BCUT2D eigenvalue weighted by molar-refractivity contribution is 6.01. The maximum atomic E-state index is 13.6. The Hall–Kier alpha value is -2.69. The molecule has 2 rings (SSSR count). The van der Waals surface area contributed by atoms with Crippen molar-refractivity contribution in [3.05, 3.63) is 58.4 Å². The van der Waals surface area contributed by atoms with E-state index >= 15 is 0 Å². The SMILES string of the molecule is CCN(C)/C=N/c1cc(C)c(C(=O)CN(C)c2cc(F)ccc2C)cc1C. The second-order valence-corrected chi connectivity index (χ2v) is 6.98. The molecule has 27 heavy (non-hydrogen) atoms. The Balaban J connectivity index is 2.22. The minimum atomic E-state index is -0.304. The number of halogens is 1. The minimum Gasteiger partial charge on any atom is -0.367 e. The van der Waals surface area contributed by atoms with Gasteiger partial charge >= 0.3 is 0 Å². The van der Waals surface area contributed by atoms with Crippen LogP contribution < -0.4 is 4.90 Å². The zero-order valence-electron chi connectivity index (χ0n) is 17.0. The van der Waals surface area contributed by atoms with Crippen molar-refractivity contribution in [3.8, 4) is 0 Å². The summed E-state index contributed by atoms with van der Waals surface area (Å²) in [5, 5.41) is 0. The van der Waals surface area contributed by atoms with Crippen LogP contribution in [0.1, 0.15) is 34.0 Å².